The Labute approximate surface area is 179 Å². The number of sulfonamides is 1. The molecule has 0 bridgehead atoms. The van der Waals surface area contributed by atoms with Gasteiger partial charge in [-0.15, -0.1) is 24.0 Å². The number of benzene rings is 1. The van der Waals surface area contributed by atoms with Gasteiger partial charge in [-0.2, -0.15) is 0 Å². The fraction of sp³-hybridized carbons (Fsp3) is 0.562. The highest BCUT2D eigenvalue weighted by Gasteiger charge is 2.16. The molecule has 0 amide bonds. The van der Waals surface area contributed by atoms with Crippen molar-refractivity contribution in [3.63, 3.8) is 0 Å². The standard InChI is InChI=1S/C16H28N4O4S2.HI/c1-13(10-11-25(5,21)22)19-16(17-2)18-12-14-6-8-15(9-7-14)26(23,24)20(3)4;/h6-9,13H,10-12H2,1-5H3,(H2,17,18,19);1H. The van der Waals surface area contributed by atoms with Gasteiger partial charge in [0.15, 0.2) is 5.96 Å². The second-order valence-electron chi connectivity index (χ2n) is 6.32. The molecule has 0 aromatic heterocycles. The zero-order valence-corrected chi connectivity index (χ0v) is 20.2. The van der Waals surface area contributed by atoms with Gasteiger partial charge in [0.1, 0.15) is 9.84 Å². The summed E-state index contributed by atoms with van der Waals surface area (Å²) in [5, 5.41) is 6.26. The van der Waals surface area contributed by atoms with Gasteiger partial charge in [-0.25, -0.2) is 21.1 Å². The first-order valence-electron chi connectivity index (χ1n) is 8.12. The second kappa shape index (κ2) is 11.2. The Kier molecular flexibility index (Phi) is 10.8. The average molecular weight is 532 g/mol. The normalized spacial score (nSPS) is 13.8. The maximum absolute atomic E-state index is 12.0. The molecule has 1 aromatic carbocycles. The summed E-state index contributed by atoms with van der Waals surface area (Å²) in [5.41, 5.74) is 0.898. The van der Waals surface area contributed by atoms with Crippen LogP contribution in [0.15, 0.2) is 34.2 Å². The summed E-state index contributed by atoms with van der Waals surface area (Å²) >= 11 is 0. The lowest BCUT2D eigenvalue weighted by Gasteiger charge is -2.18. The number of hydrogen-bond acceptors (Lipinski definition) is 5. The van der Waals surface area contributed by atoms with Crippen LogP contribution in [-0.2, 0) is 26.4 Å². The second-order valence-corrected chi connectivity index (χ2v) is 10.7. The Morgan fingerprint density at radius 3 is 2.15 bits per heavy atom. The molecule has 0 saturated carbocycles. The first kappa shape index (κ1) is 26.1. The van der Waals surface area contributed by atoms with E-state index >= 15 is 0 Å². The van der Waals surface area contributed by atoms with Crippen molar-refractivity contribution in [3.05, 3.63) is 29.8 Å². The Hall–Kier alpha value is -0.920. The average Bonchev–Trinajstić information content (AvgIpc) is 2.56. The van der Waals surface area contributed by atoms with Crippen molar-refractivity contribution < 1.29 is 16.8 Å². The molecule has 0 saturated heterocycles. The van der Waals surface area contributed by atoms with Crippen molar-refractivity contribution in [1.82, 2.24) is 14.9 Å². The van der Waals surface area contributed by atoms with Crippen LogP contribution in [-0.4, -0.2) is 66.3 Å². The molecule has 1 atom stereocenters. The quantitative estimate of drug-likeness (QED) is 0.295. The van der Waals surface area contributed by atoms with Gasteiger partial charge in [0.2, 0.25) is 10.0 Å². The van der Waals surface area contributed by atoms with Crippen molar-refractivity contribution in [2.75, 3.05) is 33.2 Å². The zero-order chi connectivity index (χ0) is 20.0. The summed E-state index contributed by atoms with van der Waals surface area (Å²) in [5.74, 6) is 0.663. The number of hydrogen-bond donors (Lipinski definition) is 2. The van der Waals surface area contributed by atoms with Crippen LogP contribution in [0.25, 0.3) is 0 Å². The van der Waals surface area contributed by atoms with E-state index in [1.165, 1.54) is 24.7 Å². The molecule has 0 aliphatic rings. The number of aliphatic imine (C=N–C) groups is 1. The molecule has 0 heterocycles. The van der Waals surface area contributed by atoms with Crippen molar-refractivity contribution in [2.24, 2.45) is 4.99 Å². The Morgan fingerprint density at radius 2 is 1.70 bits per heavy atom. The number of nitrogens with one attached hydrogen (secondary N) is 2. The number of rotatable bonds is 8. The van der Waals surface area contributed by atoms with Gasteiger partial charge < -0.3 is 10.6 Å². The van der Waals surface area contributed by atoms with Crippen molar-refractivity contribution >= 4 is 49.8 Å². The monoisotopic (exact) mass is 532 g/mol. The van der Waals surface area contributed by atoms with Crippen LogP contribution >= 0.6 is 24.0 Å². The molecule has 0 aliphatic heterocycles. The lowest BCUT2D eigenvalue weighted by molar-refractivity contribution is 0.520. The summed E-state index contributed by atoms with van der Waals surface area (Å²) < 4.78 is 47.7. The van der Waals surface area contributed by atoms with Gasteiger partial charge in [-0.05, 0) is 31.0 Å². The zero-order valence-electron chi connectivity index (χ0n) is 16.3. The molecule has 0 fully saturated rings. The van der Waals surface area contributed by atoms with E-state index in [0.717, 1.165) is 5.56 Å². The van der Waals surface area contributed by atoms with Gasteiger partial charge in [0, 0.05) is 40.0 Å². The van der Waals surface area contributed by atoms with E-state index in [2.05, 4.69) is 15.6 Å². The number of sulfone groups is 1. The molecular formula is C16H29IN4O4S2. The number of nitrogens with zero attached hydrogens (tertiary/aromatic N) is 2. The molecule has 1 unspecified atom stereocenters. The predicted octanol–water partition coefficient (Wildman–Crippen LogP) is 1.04. The predicted molar refractivity (Wildman–Crippen MR) is 120 cm³/mol. The van der Waals surface area contributed by atoms with Crippen LogP contribution in [0.5, 0.6) is 0 Å². The lowest BCUT2D eigenvalue weighted by Crippen LogP contribution is -2.42. The minimum absolute atomic E-state index is 0. The minimum atomic E-state index is -3.44. The molecule has 1 rings (SSSR count). The first-order chi connectivity index (χ1) is 12.0. The van der Waals surface area contributed by atoms with Crippen molar-refractivity contribution in [1.29, 1.82) is 0 Å². The summed E-state index contributed by atoms with van der Waals surface area (Å²) in [4.78, 5) is 4.35. The summed E-state index contributed by atoms with van der Waals surface area (Å²) in [6.07, 6.45) is 1.70. The minimum Gasteiger partial charge on any atom is -0.354 e. The smallest absolute Gasteiger partial charge is 0.242 e. The largest absolute Gasteiger partial charge is 0.354 e. The van der Waals surface area contributed by atoms with Crippen molar-refractivity contribution in [2.45, 2.75) is 30.8 Å². The van der Waals surface area contributed by atoms with Gasteiger partial charge in [-0.1, -0.05) is 12.1 Å². The van der Waals surface area contributed by atoms with E-state index in [9.17, 15) is 16.8 Å². The molecule has 8 nitrogen and oxygen atoms in total. The molecule has 2 N–H and O–H groups in total. The Bertz CT molecular complexity index is 822. The topological polar surface area (TPSA) is 108 Å². The van der Waals surface area contributed by atoms with Crippen LogP contribution < -0.4 is 10.6 Å². The summed E-state index contributed by atoms with van der Waals surface area (Å²) in [6, 6.07) is 6.56. The third-order valence-electron chi connectivity index (χ3n) is 3.69. The molecule has 11 heteroatoms. The molecular weight excluding hydrogens is 503 g/mol. The van der Waals surface area contributed by atoms with Gasteiger partial charge >= 0.3 is 0 Å². The summed E-state index contributed by atoms with van der Waals surface area (Å²) in [6.45, 7) is 2.35. The van der Waals surface area contributed by atoms with E-state index < -0.39 is 19.9 Å². The number of halogens is 1. The van der Waals surface area contributed by atoms with E-state index in [-0.39, 0.29) is 40.7 Å². The van der Waals surface area contributed by atoms with Crippen LogP contribution in [0.1, 0.15) is 18.9 Å². The van der Waals surface area contributed by atoms with E-state index in [1.54, 1.807) is 31.3 Å². The number of guanidine groups is 1. The third-order valence-corrected chi connectivity index (χ3v) is 6.50. The first-order valence-corrected chi connectivity index (χ1v) is 11.6. The highest BCUT2D eigenvalue weighted by atomic mass is 127. The molecule has 0 aliphatic carbocycles. The maximum Gasteiger partial charge on any atom is 0.242 e. The highest BCUT2D eigenvalue weighted by molar-refractivity contribution is 14.0. The van der Waals surface area contributed by atoms with E-state index in [4.69, 9.17) is 0 Å². The van der Waals surface area contributed by atoms with Gasteiger partial charge in [0.05, 0.1) is 10.6 Å². The fourth-order valence-electron chi connectivity index (χ4n) is 2.07. The lowest BCUT2D eigenvalue weighted by atomic mass is 10.2. The highest BCUT2D eigenvalue weighted by Crippen LogP contribution is 2.13. The maximum atomic E-state index is 12.0. The molecule has 27 heavy (non-hydrogen) atoms. The molecule has 0 radical (unpaired) electrons. The molecule has 0 spiro atoms. The molecule has 156 valence electrons. The third kappa shape index (κ3) is 9.21. The van der Waals surface area contributed by atoms with Crippen LogP contribution in [0, 0.1) is 0 Å². The van der Waals surface area contributed by atoms with Crippen molar-refractivity contribution in [3.8, 4) is 0 Å². The Balaban J connectivity index is 0.00000676. The summed E-state index contributed by atoms with van der Waals surface area (Å²) in [7, 11) is -1.82. The van der Waals surface area contributed by atoms with E-state index in [0.29, 0.717) is 18.9 Å². The van der Waals surface area contributed by atoms with Crippen LogP contribution in [0.4, 0.5) is 0 Å². The van der Waals surface area contributed by atoms with Gasteiger partial charge in [0.25, 0.3) is 0 Å². The fourth-order valence-corrected chi connectivity index (χ4v) is 3.75. The van der Waals surface area contributed by atoms with Gasteiger partial charge in [-0.3, -0.25) is 4.99 Å². The van der Waals surface area contributed by atoms with Crippen LogP contribution in [0.2, 0.25) is 0 Å². The van der Waals surface area contributed by atoms with E-state index in [1.807, 2.05) is 6.92 Å². The Morgan fingerprint density at radius 1 is 1.15 bits per heavy atom. The molecule has 1 aromatic rings. The SMILES string of the molecule is CN=C(NCc1ccc(S(=O)(=O)N(C)C)cc1)NC(C)CCS(C)(=O)=O.I. The van der Waals surface area contributed by atoms with Crippen LogP contribution in [0.3, 0.4) is 0 Å².